The Balaban J connectivity index is 2.34. The van der Waals surface area contributed by atoms with Gasteiger partial charge in [-0.3, -0.25) is 4.79 Å². The number of ketones is 1. The van der Waals surface area contributed by atoms with Crippen LogP contribution in [0, 0.1) is 12.7 Å². The minimum Gasteiger partial charge on any atom is -0.293 e. The molecule has 0 fully saturated rings. The van der Waals surface area contributed by atoms with Crippen molar-refractivity contribution in [1.82, 2.24) is 0 Å². The van der Waals surface area contributed by atoms with Crippen LogP contribution in [0.3, 0.4) is 0 Å². The summed E-state index contributed by atoms with van der Waals surface area (Å²) in [6.45, 7) is 3.66. The molecule has 0 aromatic heterocycles. The van der Waals surface area contributed by atoms with Crippen molar-refractivity contribution in [2.24, 2.45) is 0 Å². The SMILES string of the molecule is Cc1ccc(F)c(C(=O)C(C)c2ccccc2)c1. The number of carbonyl (C=O) groups excluding carboxylic acids is 1. The number of Topliss-reactive ketones (excluding diaryl/α,β-unsaturated/α-hetero) is 1. The first-order valence-corrected chi connectivity index (χ1v) is 5.95. The van der Waals surface area contributed by atoms with Gasteiger partial charge >= 0.3 is 0 Å². The first kappa shape index (κ1) is 12.5. The lowest BCUT2D eigenvalue weighted by atomic mass is 9.91. The van der Waals surface area contributed by atoms with E-state index in [9.17, 15) is 9.18 Å². The van der Waals surface area contributed by atoms with Gasteiger partial charge in [0.05, 0.1) is 5.56 Å². The maximum absolute atomic E-state index is 13.7. The van der Waals surface area contributed by atoms with E-state index in [-0.39, 0.29) is 17.3 Å². The van der Waals surface area contributed by atoms with Crippen molar-refractivity contribution in [3.05, 3.63) is 71.0 Å². The molecule has 0 saturated carbocycles. The van der Waals surface area contributed by atoms with Crippen LogP contribution in [0.2, 0.25) is 0 Å². The van der Waals surface area contributed by atoms with Crippen LogP contribution in [0.15, 0.2) is 48.5 Å². The average Bonchev–Trinajstić information content (AvgIpc) is 2.41. The van der Waals surface area contributed by atoms with Crippen LogP contribution in [0.25, 0.3) is 0 Å². The number of carbonyl (C=O) groups is 1. The molecule has 2 aromatic rings. The number of hydrogen-bond donors (Lipinski definition) is 0. The Hall–Kier alpha value is -1.96. The summed E-state index contributed by atoms with van der Waals surface area (Å²) in [5.74, 6) is -0.960. The van der Waals surface area contributed by atoms with Gasteiger partial charge in [0.25, 0.3) is 0 Å². The fourth-order valence-electron chi connectivity index (χ4n) is 1.95. The van der Waals surface area contributed by atoms with Gasteiger partial charge in [-0.25, -0.2) is 4.39 Å². The molecular weight excluding hydrogens is 227 g/mol. The predicted molar refractivity (Wildman–Crippen MR) is 70.3 cm³/mol. The third-order valence-electron chi connectivity index (χ3n) is 3.08. The number of benzene rings is 2. The third-order valence-corrected chi connectivity index (χ3v) is 3.08. The summed E-state index contributed by atoms with van der Waals surface area (Å²) in [6, 6.07) is 14.1. The van der Waals surface area contributed by atoms with Crippen molar-refractivity contribution < 1.29 is 9.18 Å². The van der Waals surface area contributed by atoms with Crippen molar-refractivity contribution in [2.75, 3.05) is 0 Å². The fraction of sp³-hybridized carbons (Fsp3) is 0.188. The molecule has 2 heteroatoms. The summed E-state index contributed by atoms with van der Waals surface area (Å²) >= 11 is 0. The van der Waals surface area contributed by atoms with Crippen molar-refractivity contribution in [3.63, 3.8) is 0 Å². The number of aryl methyl sites for hydroxylation is 1. The van der Waals surface area contributed by atoms with E-state index in [1.54, 1.807) is 19.1 Å². The van der Waals surface area contributed by atoms with E-state index in [1.807, 2.05) is 37.3 Å². The highest BCUT2D eigenvalue weighted by Gasteiger charge is 2.20. The molecule has 92 valence electrons. The highest BCUT2D eigenvalue weighted by molar-refractivity contribution is 6.01. The van der Waals surface area contributed by atoms with E-state index >= 15 is 0 Å². The Bertz CT molecular complexity index is 561. The molecule has 0 bridgehead atoms. The summed E-state index contributed by atoms with van der Waals surface area (Å²) in [4.78, 5) is 12.3. The van der Waals surface area contributed by atoms with Crippen LogP contribution in [0.4, 0.5) is 4.39 Å². The van der Waals surface area contributed by atoms with E-state index in [0.717, 1.165) is 11.1 Å². The van der Waals surface area contributed by atoms with Crippen LogP contribution in [-0.4, -0.2) is 5.78 Å². The zero-order chi connectivity index (χ0) is 13.1. The van der Waals surface area contributed by atoms with E-state index < -0.39 is 5.82 Å². The minimum atomic E-state index is -0.451. The van der Waals surface area contributed by atoms with Crippen LogP contribution in [0.5, 0.6) is 0 Å². The molecule has 0 amide bonds. The average molecular weight is 242 g/mol. The molecule has 2 aromatic carbocycles. The molecule has 0 aliphatic heterocycles. The fourth-order valence-corrected chi connectivity index (χ4v) is 1.95. The van der Waals surface area contributed by atoms with Crippen molar-refractivity contribution in [1.29, 1.82) is 0 Å². The van der Waals surface area contributed by atoms with Crippen molar-refractivity contribution in [3.8, 4) is 0 Å². The first-order chi connectivity index (χ1) is 8.59. The number of rotatable bonds is 3. The van der Waals surface area contributed by atoms with Gasteiger partial charge in [0.1, 0.15) is 5.82 Å². The molecule has 18 heavy (non-hydrogen) atoms. The van der Waals surface area contributed by atoms with E-state index in [0.29, 0.717) is 0 Å². The Kier molecular flexibility index (Phi) is 3.56. The minimum absolute atomic E-state index is 0.173. The highest BCUT2D eigenvalue weighted by atomic mass is 19.1. The van der Waals surface area contributed by atoms with E-state index in [2.05, 4.69) is 0 Å². The summed E-state index contributed by atoms with van der Waals surface area (Å²) in [6.07, 6.45) is 0. The van der Waals surface area contributed by atoms with Crippen LogP contribution in [-0.2, 0) is 0 Å². The highest BCUT2D eigenvalue weighted by Crippen LogP contribution is 2.22. The van der Waals surface area contributed by atoms with Gasteiger partial charge in [0.15, 0.2) is 5.78 Å². The van der Waals surface area contributed by atoms with Gasteiger partial charge < -0.3 is 0 Å². The molecule has 0 saturated heterocycles. The summed E-state index contributed by atoms with van der Waals surface area (Å²) < 4.78 is 13.7. The van der Waals surface area contributed by atoms with Crippen molar-refractivity contribution in [2.45, 2.75) is 19.8 Å². The largest absolute Gasteiger partial charge is 0.293 e. The maximum atomic E-state index is 13.7. The molecule has 1 unspecified atom stereocenters. The lowest BCUT2D eigenvalue weighted by Gasteiger charge is -2.12. The molecule has 0 N–H and O–H groups in total. The van der Waals surface area contributed by atoms with E-state index in [4.69, 9.17) is 0 Å². The second-order valence-corrected chi connectivity index (χ2v) is 4.48. The first-order valence-electron chi connectivity index (χ1n) is 5.95. The monoisotopic (exact) mass is 242 g/mol. The van der Waals surface area contributed by atoms with Gasteiger partial charge in [-0.2, -0.15) is 0 Å². The lowest BCUT2D eigenvalue weighted by Crippen LogP contribution is -2.11. The van der Waals surface area contributed by atoms with Gasteiger partial charge in [-0.05, 0) is 24.6 Å². The second-order valence-electron chi connectivity index (χ2n) is 4.48. The quantitative estimate of drug-likeness (QED) is 0.740. The van der Waals surface area contributed by atoms with Gasteiger partial charge in [0.2, 0.25) is 0 Å². The summed E-state index contributed by atoms with van der Waals surface area (Å²) in [5, 5.41) is 0. The molecular formula is C16H15FO. The predicted octanol–water partition coefficient (Wildman–Crippen LogP) is 4.12. The molecule has 2 rings (SSSR count). The van der Waals surface area contributed by atoms with Gasteiger partial charge in [0, 0.05) is 5.92 Å². The number of halogens is 1. The third kappa shape index (κ3) is 2.48. The van der Waals surface area contributed by atoms with Crippen LogP contribution < -0.4 is 0 Å². The van der Waals surface area contributed by atoms with Gasteiger partial charge in [-0.1, -0.05) is 48.9 Å². The number of hydrogen-bond acceptors (Lipinski definition) is 1. The molecule has 1 nitrogen and oxygen atoms in total. The van der Waals surface area contributed by atoms with Crippen LogP contribution >= 0.6 is 0 Å². The lowest BCUT2D eigenvalue weighted by molar-refractivity contribution is 0.0962. The second kappa shape index (κ2) is 5.13. The molecule has 0 spiro atoms. The summed E-state index contributed by atoms with van der Waals surface area (Å²) in [5.41, 5.74) is 1.97. The smallest absolute Gasteiger partial charge is 0.172 e. The topological polar surface area (TPSA) is 17.1 Å². The zero-order valence-corrected chi connectivity index (χ0v) is 10.5. The maximum Gasteiger partial charge on any atom is 0.172 e. The Morgan fingerprint density at radius 3 is 2.44 bits per heavy atom. The molecule has 0 heterocycles. The zero-order valence-electron chi connectivity index (χ0n) is 10.5. The molecule has 1 atom stereocenters. The molecule has 0 aliphatic carbocycles. The van der Waals surface area contributed by atoms with Gasteiger partial charge in [-0.15, -0.1) is 0 Å². The summed E-state index contributed by atoms with van der Waals surface area (Å²) in [7, 11) is 0. The van der Waals surface area contributed by atoms with Crippen LogP contribution in [0.1, 0.15) is 34.3 Å². The Morgan fingerprint density at radius 2 is 1.78 bits per heavy atom. The van der Waals surface area contributed by atoms with Crippen molar-refractivity contribution >= 4 is 5.78 Å². The Labute approximate surface area is 106 Å². The normalized spacial score (nSPS) is 12.2. The molecule has 0 radical (unpaired) electrons. The standard InChI is InChI=1S/C16H15FO/c1-11-8-9-15(17)14(10-11)16(18)12(2)13-6-4-3-5-7-13/h3-10,12H,1-2H3. The molecule has 0 aliphatic rings. The van der Waals surface area contributed by atoms with E-state index in [1.165, 1.54) is 6.07 Å². The Morgan fingerprint density at radius 1 is 1.11 bits per heavy atom.